The van der Waals surface area contributed by atoms with E-state index in [0.29, 0.717) is 11.4 Å². The van der Waals surface area contributed by atoms with Crippen LogP contribution in [0.15, 0.2) is 89.7 Å². The van der Waals surface area contributed by atoms with E-state index in [1.165, 1.54) is 30.4 Å². The van der Waals surface area contributed by atoms with Gasteiger partial charge in [0.05, 0.1) is 0 Å². The fourth-order valence-corrected chi connectivity index (χ4v) is 4.54. The summed E-state index contributed by atoms with van der Waals surface area (Å²) in [6, 6.07) is 17.2. The van der Waals surface area contributed by atoms with Crippen LogP contribution in [0, 0.1) is 5.41 Å². The van der Waals surface area contributed by atoms with E-state index in [4.69, 9.17) is 4.74 Å². The normalized spacial score (nSPS) is 16.4. The van der Waals surface area contributed by atoms with Gasteiger partial charge in [-0.15, -0.1) is 0 Å². The molecule has 0 fully saturated rings. The number of hydrogen-bond donors (Lipinski definition) is 0. The SMILES string of the molecule is CC(C=CC1=C(C)CCCC1(C)C)=Cc1ccc(C(=O)Oc2ccc3ccccc3c2)nc1. The van der Waals surface area contributed by atoms with Gasteiger partial charge < -0.3 is 4.74 Å². The van der Waals surface area contributed by atoms with Crippen molar-refractivity contribution < 1.29 is 9.53 Å². The predicted octanol–water partition coefficient (Wildman–Crippen LogP) is 7.94. The molecule has 0 bridgehead atoms. The standard InChI is InChI=1S/C30H31NO2/c1-21(11-15-27-22(2)8-7-17-30(27,3)4)18-23-12-16-28(31-20-23)29(32)33-26-14-13-24-9-5-6-10-25(24)19-26/h5-6,9-16,18-20H,7-8,17H2,1-4H3. The van der Waals surface area contributed by atoms with Crippen LogP contribution in [0.25, 0.3) is 16.8 Å². The zero-order chi connectivity index (χ0) is 23.4. The maximum absolute atomic E-state index is 12.5. The molecule has 0 spiro atoms. The number of nitrogens with zero attached hydrogens (tertiary/aromatic N) is 1. The van der Waals surface area contributed by atoms with Crippen LogP contribution in [0.1, 0.15) is 63.0 Å². The molecule has 1 aromatic heterocycles. The number of hydrogen-bond acceptors (Lipinski definition) is 3. The maximum Gasteiger partial charge on any atom is 0.362 e. The number of fused-ring (bicyclic) bond motifs is 1. The summed E-state index contributed by atoms with van der Waals surface area (Å²) in [7, 11) is 0. The lowest BCUT2D eigenvalue weighted by molar-refractivity contribution is 0.0729. The summed E-state index contributed by atoms with van der Waals surface area (Å²) in [5.74, 6) is 0.0556. The smallest absolute Gasteiger partial charge is 0.362 e. The van der Waals surface area contributed by atoms with E-state index in [9.17, 15) is 4.79 Å². The third kappa shape index (κ3) is 5.48. The molecule has 33 heavy (non-hydrogen) atoms. The quantitative estimate of drug-likeness (QED) is 0.231. The van der Waals surface area contributed by atoms with Gasteiger partial charge in [0.25, 0.3) is 0 Å². The molecule has 0 aliphatic heterocycles. The molecule has 0 radical (unpaired) electrons. The highest BCUT2D eigenvalue weighted by Gasteiger charge is 2.26. The molecule has 3 aromatic rings. The predicted molar refractivity (Wildman–Crippen MR) is 136 cm³/mol. The lowest BCUT2D eigenvalue weighted by Gasteiger charge is -2.32. The number of carbonyl (C=O) groups excluding carboxylic acids is 1. The highest BCUT2D eigenvalue weighted by Crippen LogP contribution is 2.40. The fourth-order valence-electron chi connectivity index (χ4n) is 4.54. The second-order valence-electron chi connectivity index (χ2n) is 9.53. The van der Waals surface area contributed by atoms with E-state index >= 15 is 0 Å². The molecule has 1 aliphatic carbocycles. The Morgan fingerprint density at radius 1 is 1.06 bits per heavy atom. The van der Waals surface area contributed by atoms with E-state index in [-0.39, 0.29) is 5.41 Å². The van der Waals surface area contributed by atoms with E-state index in [1.54, 1.807) is 18.3 Å². The highest BCUT2D eigenvalue weighted by molar-refractivity contribution is 5.90. The first-order chi connectivity index (χ1) is 15.8. The van der Waals surface area contributed by atoms with Gasteiger partial charge in [0.15, 0.2) is 0 Å². The van der Waals surface area contributed by atoms with Crippen molar-refractivity contribution in [2.24, 2.45) is 5.41 Å². The molecule has 3 heteroatoms. The van der Waals surface area contributed by atoms with E-state index in [2.05, 4.69) is 50.9 Å². The Labute approximate surface area is 196 Å². The number of ether oxygens (including phenoxy) is 1. The number of allylic oxidation sites excluding steroid dienone is 5. The van der Waals surface area contributed by atoms with Crippen LogP contribution >= 0.6 is 0 Å². The molecular weight excluding hydrogens is 406 g/mol. The Balaban J connectivity index is 1.43. The Bertz CT molecular complexity index is 1260. The summed E-state index contributed by atoms with van der Waals surface area (Å²) in [4.78, 5) is 16.9. The van der Waals surface area contributed by atoms with Crippen molar-refractivity contribution in [1.29, 1.82) is 0 Å². The first-order valence-electron chi connectivity index (χ1n) is 11.6. The monoisotopic (exact) mass is 437 g/mol. The zero-order valence-corrected chi connectivity index (χ0v) is 19.9. The van der Waals surface area contributed by atoms with Crippen LogP contribution in [-0.4, -0.2) is 11.0 Å². The molecule has 1 heterocycles. The number of aromatic nitrogens is 1. The molecule has 0 saturated carbocycles. The summed E-state index contributed by atoms with van der Waals surface area (Å²) in [6.45, 7) is 8.99. The van der Waals surface area contributed by atoms with Crippen LogP contribution < -0.4 is 4.74 Å². The minimum atomic E-state index is -0.459. The summed E-state index contributed by atoms with van der Waals surface area (Å²) < 4.78 is 5.53. The number of benzene rings is 2. The van der Waals surface area contributed by atoms with Gasteiger partial charge in [0.2, 0.25) is 0 Å². The van der Waals surface area contributed by atoms with Crippen molar-refractivity contribution in [2.75, 3.05) is 0 Å². The lowest BCUT2D eigenvalue weighted by Crippen LogP contribution is -2.19. The topological polar surface area (TPSA) is 39.2 Å². The van der Waals surface area contributed by atoms with Crippen LogP contribution in [0.3, 0.4) is 0 Å². The second kappa shape index (κ2) is 9.58. The molecule has 0 amide bonds. The van der Waals surface area contributed by atoms with Gasteiger partial charge in [-0.1, -0.05) is 79.6 Å². The number of rotatable bonds is 5. The average molecular weight is 438 g/mol. The molecule has 0 unspecified atom stereocenters. The molecule has 4 rings (SSSR count). The first-order valence-corrected chi connectivity index (χ1v) is 11.6. The number of pyridine rings is 1. The van der Waals surface area contributed by atoms with Crippen LogP contribution in [0.4, 0.5) is 0 Å². The number of esters is 1. The van der Waals surface area contributed by atoms with Gasteiger partial charge in [-0.05, 0) is 78.6 Å². The van der Waals surface area contributed by atoms with E-state index in [1.807, 2.05) is 42.5 Å². The van der Waals surface area contributed by atoms with Crippen molar-refractivity contribution in [3.63, 3.8) is 0 Å². The lowest BCUT2D eigenvalue weighted by atomic mass is 9.72. The van der Waals surface area contributed by atoms with Crippen molar-refractivity contribution in [3.8, 4) is 5.75 Å². The summed E-state index contributed by atoms with van der Waals surface area (Å²) in [5.41, 5.74) is 5.56. The minimum absolute atomic E-state index is 0.230. The summed E-state index contributed by atoms with van der Waals surface area (Å²) in [5, 5.41) is 2.14. The molecule has 0 atom stereocenters. The Morgan fingerprint density at radius 3 is 2.58 bits per heavy atom. The molecule has 168 valence electrons. The third-order valence-corrected chi connectivity index (χ3v) is 6.38. The van der Waals surface area contributed by atoms with E-state index in [0.717, 1.165) is 21.9 Å². The van der Waals surface area contributed by atoms with Gasteiger partial charge in [0, 0.05) is 6.20 Å². The molecule has 1 aliphatic rings. The Morgan fingerprint density at radius 2 is 1.85 bits per heavy atom. The van der Waals surface area contributed by atoms with Crippen molar-refractivity contribution >= 4 is 22.8 Å². The largest absolute Gasteiger partial charge is 0.422 e. The second-order valence-corrected chi connectivity index (χ2v) is 9.53. The van der Waals surface area contributed by atoms with Crippen LogP contribution in [-0.2, 0) is 0 Å². The molecule has 0 N–H and O–H groups in total. The average Bonchev–Trinajstić information content (AvgIpc) is 2.78. The van der Waals surface area contributed by atoms with Crippen LogP contribution in [0.2, 0.25) is 0 Å². The Kier molecular flexibility index (Phi) is 6.60. The first kappa shape index (κ1) is 22.7. The van der Waals surface area contributed by atoms with Gasteiger partial charge in [-0.25, -0.2) is 9.78 Å². The maximum atomic E-state index is 12.5. The molecular formula is C30H31NO2. The fraction of sp³-hybridized carbons (Fsp3) is 0.267. The van der Waals surface area contributed by atoms with Crippen molar-refractivity contribution in [3.05, 3.63) is 101 Å². The Hall–Kier alpha value is -3.46. The summed E-state index contributed by atoms with van der Waals surface area (Å²) in [6.07, 6.45) is 11.9. The summed E-state index contributed by atoms with van der Waals surface area (Å²) >= 11 is 0. The van der Waals surface area contributed by atoms with Gasteiger partial charge in [0.1, 0.15) is 11.4 Å². The molecule has 3 nitrogen and oxygen atoms in total. The molecule has 0 saturated heterocycles. The third-order valence-electron chi connectivity index (χ3n) is 6.38. The van der Waals surface area contributed by atoms with Crippen molar-refractivity contribution in [1.82, 2.24) is 4.98 Å². The minimum Gasteiger partial charge on any atom is -0.422 e. The van der Waals surface area contributed by atoms with Crippen molar-refractivity contribution in [2.45, 2.75) is 47.0 Å². The van der Waals surface area contributed by atoms with Crippen LogP contribution in [0.5, 0.6) is 5.75 Å². The van der Waals surface area contributed by atoms with Gasteiger partial charge in [-0.2, -0.15) is 0 Å². The van der Waals surface area contributed by atoms with Gasteiger partial charge >= 0.3 is 5.97 Å². The molecule has 2 aromatic carbocycles. The van der Waals surface area contributed by atoms with E-state index < -0.39 is 5.97 Å². The number of carbonyl (C=O) groups is 1. The zero-order valence-electron chi connectivity index (χ0n) is 19.9. The van der Waals surface area contributed by atoms with Gasteiger partial charge in [-0.3, -0.25) is 0 Å². The highest BCUT2D eigenvalue weighted by atomic mass is 16.5.